The van der Waals surface area contributed by atoms with E-state index in [-0.39, 0.29) is 11.6 Å². The standard InChI is InChI=1S/C31H42N6O/c1-35-18-20-36(21-19-35)27-15-13-26(14-16-27)33-31-32-22-25-12-17-28(38)37(30(25)34-31)29(23-8-4-2-5-9-23)24-10-6-3-7-11-24/h12-17,22-24,29H,2-11,18-21H2,1H3,(H,32,33,34). The third kappa shape index (κ3) is 5.44. The van der Waals surface area contributed by atoms with Crippen LogP contribution in [-0.4, -0.2) is 52.7 Å². The van der Waals surface area contributed by atoms with Crippen LogP contribution in [0.1, 0.15) is 70.3 Å². The van der Waals surface area contributed by atoms with Crippen molar-refractivity contribution < 1.29 is 0 Å². The number of hydrogen-bond donors (Lipinski definition) is 1. The number of fused-ring (bicyclic) bond motifs is 1. The smallest absolute Gasteiger partial charge is 0.252 e. The second-order valence-electron chi connectivity index (χ2n) is 11.8. The van der Waals surface area contributed by atoms with Gasteiger partial charge in [-0.15, -0.1) is 0 Å². The summed E-state index contributed by atoms with van der Waals surface area (Å²) in [6.07, 6.45) is 14.5. The zero-order valence-corrected chi connectivity index (χ0v) is 22.8. The summed E-state index contributed by atoms with van der Waals surface area (Å²) < 4.78 is 2.07. The molecule has 0 atom stereocenters. The second-order valence-corrected chi connectivity index (χ2v) is 11.8. The minimum atomic E-state index is 0.0832. The molecule has 1 aliphatic heterocycles. The molecule has 0 radical (unpaired) electrons. The highest BCUT2D eigenvalue weighted by Crippen LogP contribution is 2.43. The summed E-state index contributed by atoms with van der Waals surface area (Å²) in [6.45, 7) is 4.29. The molecule has 0 spiro atoms. The first kappa shape index (κ1) is 25.4. The highest BCUT2D eigenvalue weighted by Gasteiger charge is 2.34. The van der Waals surface area contributed by atoms with Crippen LogP contribution >= 0.6 is 0 Å². The summed E-state index contributed by atoms with van der Waals surface area (Å²) in [4.78, 5) is 27.9. The maximum absolute atomic E-state index is 13.5. The van der Waals surface area contributed by atoms with Crippen LogP contribution in [0, 0.1) is 11.8 Å². The molecule has 3 aliphatic rings. The molecule has 3 fully saturated rings. The zero-order valence-electron chi connectivity index (χ0n) is 22.8. The minimum Gasteiger partial charge on any atom is -0.369 e. The lowest BCUT2D eigenvalue weighted by atomic mass is 9.73. The van der Waals surface area contributed by atoms with E-state index in [9.17, 15) is 4.79 Å². The van der Waals surface area contributed by atoms with Gasteiger partial charge in [0.1, 0.15) is 5.65 Å². The highest BCUT2D eigenvalue weighted by molar-refractivity contribution is 5.76. The maximum atomic E-state index is 13.5. The Morgan fingerprint density at radius 3 is 2.08 bits per heavy atom. The lowest BCUT2D eigenvalue weighted by Crippen LogP contribution is -2.44. The second kappa shape index (κ2) is 11.4. The highest BCUT2D eigenvalue weighted by atomic mass is 16.1. The fourth-order valence-corrected chi connectivity index (χ4v) is 7.09. The molecule has 1 saturated heterocycles. The molecule has 7 nitrogen and oxygen atoms in total. The number of aromatic nitrogens is 3. The first-order valence-corrected chi connectivity index (χ1v) is 14.8. The number of benzene rings is 1. The van der Waals surface area contributed by atoms with Gasteiger partial charge < -0.3 is 15.1 Å². The van der Waals surface area contributed by atoms with E-state index in [2.05, 4.69) is 56.0 Å². The Morgan fingerprint density at radius 2 is 1.45 bits per heavy atom. The van der Waals surface area contributed by atoms with E-state index in [1.807, 2.05) is 12.3 Å². The van der Waals surface area contributed by atoms with Crippen molar-refractivity contribution in [3.8, 4) is 0 Å². The Hall–Kier alpha value is -2.93. The van der Waals surface area contributed by atoms with Crippen LogP contribution in [0.2, 0.25) is 0 Å². The normalized spacial score (nSPS) is 20.3. The van der Waals surface area contributed by atoms with Crippen molar-refractivity contribution in [2.24, 2.45) is 11.8 Å². The number of hydrogen-bond acceptors (Lipinski definition) is 6. The number of piperazine rings is 1. The van der Waals surface area contributed by atoms with Gasteiger partial charge in [0.15, 0.2) is 0 Å². The third-order valence-electron chi connectivity index (χ3n) is 9.22. The quantitative estimate of drug-likeness (QED) is 0.436. The fraction of sp³-hybridized carbons (Fsp3) is 0.581. The average Bonchev–Trinajstić information content (AvgIpc) is 2.96. The largest absolute Gasteiger partial charge is 0.369 e. The van der Waals surface area contributed by atoms with Crippen molar-refractivity contribution in [1.29, 1.82) is 0 Å². The van der Waals surface area contributed by atoms with E-state index in [4.69, 9.17) is 4.98 Å². The first-order chi connectivity index (χ1) is 18.7. The minimum absolute atomic E-state index is 0.0832. The number of pyridine rings is 1. The van der Waals surface area contributed by atoms with E-state index >= 15 is 0 Å². The molecule has 6 rings (SSSR count). The van der Waals surface area contributed by atoms with E-state index in [0.717, 1.165) is 42.9 Å². The van der Waals surface area contributed by atoms with Gasteiger partial charge in [0.05, 0.1) is 0 Å². The monoisotopic (exact) mass is 514 g/mol. The Bertz CT molecular complexity index is 1250. The van der Waals surface area contributed by atoms with E-state index in [1.54, 1.807) is 6.07 Å². The molecular formula is C31H42N6O. The number of nitrogens with zero attached hydrogens (tertiary/aromatic N) is 5. The summed E-state index contributed by atoms with van der Waals surface area (Å²) >= 11 is 0. The van der Waals surface area contributed by atoms with Crippen LogP contribution < -0.4 is 15.8 Å². The Balaban J connectivity index is 1.30. The number of likely N-dealkylation sites (N-methyl/N-ethyl adjacent to an activating group) is 1. The van der Waals surface area contributed by atoms with Crippen molar-refractivity contribution in [2.45, 2.75) is 70.3 Å². The number of nitrogens with one attached hydrogen (secondary N) is 1. The lowest BCUT2D eigenvalue weighted by molar-refractivity contribution is 0.149. The van der Waals surface area contributed by atoms with Gasteiger partial charge in [-0.2, -0.15) is 4.98 Å². The van der Waals surface area contributed by atoms with Gasteiger partial charge in [0.2, 0.25) is 5.95 Å². The van der Waals surface area contributed by atoms with Gasteiger partial charge in [-0.1, -0.05) is 38.5 Å². The first-order valence-electron chi connectivity index (χ1n) is 14.8. The van der Waals surface area contributed by atoms with Crippen molar-refractivity contribution in [2.75, 3.05) is 43.4 Å². The number of rotatable bonds is 6. The molecular weight excluding hydrogens is 472 g/mol. The molecule has 0 unspecified atom stereocenters. The summed E-state index contributed by atoms with van der Waals surface area (Å²) in [5.41, 5.74) is 3.08. The molecule has 7 heteroatoms. The number of anilines is 3. The lowest BCUT2D eigenvalue weighted by Gasteiger charge is -2.39. The molecule has 1 N–H and O–H groups in total. The predicted octanol–water partition coefficient (Wildman–Crippen LogP) is 5.99. The predicted molar refractivity (Wildman–Crippen MR) is 155 cm³/mol. The van der Waals surface area contributed by atoms with E-state index < -0.39 is 0 Å². The van der Waals surface area contributed by atoms with Crippen molar-refractivity contribution in [1.82, 2.24) is 19.4 Å². The summed E-state index contributed by atoms with van der Waals surface area (Å²) in [6, 6.07) is 12.4. The molecule has 2 aromatic heterocycles. The maximum Gasteiger partial charge on any atom is 0.252 e. The van der Waals surface area contributed by atoms with Crippen LogP contribution in [0.25, 0.3) is 11.0 Å². The Morgan fingerprint density at radius 1 is 0.816 bits per heavy atom. The van der Waals surface area contributed by atoms with Crippen LogP contribution in [-0.2, 0) is 0 Å². The van der Waals surface area contributed by atoms with E-state index in [0.29, 0.717) is 17.8 Å². The van der Waals surface area contributed by atoms with Gasteiger partial charge in [0, 0.05) is 61.2 Å². The fourth-order valence-electron chi connectivity index (χ4n) is 7.09. The van der Waals surface area contributed by atoms with Gasteiger partial charge in [0.25, 0.3) is 5.56 Å². The molecule has 3 aromatic rings. The van der Waals surface area contributed by atoms with Gasteiger partial charge in [-0.25, -0.2) is 4.98 Å². The van der Waals surface area contributed by atoms with Gasteiger partial charge in [-0.3, -0.25) is 9.36 Å². The molecule has 0 amide bonds. The van der Waals surface area contributed by atoms with Crippen molar-refractivity contribution in [3.05, 3.63) is 52.9 Å². The summed E-state index contributed by atoms with van der Waals surface area (Å²) in [5.74, 6) is 1.67. The van der Waals surface area contributed by atoms with Gasteiger partial charge >= 0.3 is 0 Å². The Kier molecular flexibility index (Phi) is 7.63. The molecule has 38 heavy (non-hydrogen) atoms. The van der Waals surface area contributed by atoms with E-state index in [1.165, 1.54) is 69.9 Å². The third-order valence-corrected chi connectivity index (χ3v) is 9.22. The summed E-state index contributed by atoms with van der Waals surface area (Å²) in [7, 11) is 2.18. The van der Waals surface area contributed by atoms with Crippen LogP contribution in [0.4, 0.5) is 17.3 Å². The molecule has 1 aromatic carbocycles. The van der Waals surface area contributed by atoms with Crippen LogP contribution in [0.15, 0.2) is 47.4 Å². The molecule has 2 saturated carbocycles. The molecule has 0 bridgehead atoms. The van der Waals surface area contributed by atoms with Crippen LogP contribution in [0.3, 0.4) is 0 Å². The SMILES string of the molecule is CN1CCN(c2ccc(Nc3ncc4ccc(=O)n(C(C5CCCCC5)C5CCCCC5)c4n3)cc2)CC1. The molecule has 3 heterocycles. The summed E-state index contributed by atoms with van der Waals surface area (Å²) in [5, 5.41) is 4.36. The average molecular weight is 515 g/mol. The topological polar surface area (TPSA) is 66.3 Å². The zero-order chi connectivity index (χ0) is 25.9. The van der Waals surface area contributed by atoms with Crippen molar-refractivity contribution >= 4 is 28.4 Å². The Labute approximate surface area is 226 Å². The van der Waals surface area contributed by atoms with Crippen molar-refractivity contribution in [3.63, 3.8) is 0 Å². The molecule has 2 aliphatic carbocycles. The van der Waals surface area contributed by atoms with Crippen LogP contribution in [0.5, 0.6) is 0 Å². The van der Waals surface area contributed by atoms with Gasteiger partial charge in [-0.05, 0) is 74.9 Å². The molecule has 202 valence electrons.